The highest BCUT2D eigenvalue weighted by molar-refractivity contribution is 5.91. The van der Waals surface area contributed by atoms with Crippen molar-refractivity contribution in [2.75, 3.05) is 5.32 Å². The summed E-state index contributed by atoms with van der Waals surface area (Å²) in [6.07, 6.45) is 1.43. The number of nitrogens with one attached hydrogen (secondary N) is 1. The molecule has 5 heteroatoms. The molecule has 0 aliphatic carbocycles. The van der Waals surface area contributed by atoms with Gasteiger partial charge in [0.05, 0.1) is 5.56 Å². The molecule has 0 saturated heterocycles. The molecule has 0 spiro atoms. The molecule has 2 rings (SSSR count). The van der Waals surface area contributed by atoms with E-state index < -0.39 is 0 Å². The fourth-order valence-electron chi connectivity index (χ4n) is 2.34. The molecule has 1 N–H and O–H groups in total. The molecule has 0 aliphatic rings. The molecular formula is C16H20N2O3. The van der Waals surface area contributed by atoms with Gasteiger partial charge in [-0.1, -0.05) is 32.0 Å². The smallest absolute Gasteiger partial charge is 0.286 e. The van der Waals surface area contributed by atoms with Gasteiger partial charge in [0.25, 0.3) is 5.56 Å². The number of carbonyl (C=O) groups excluding carboxylic acids is 1. The Hall–Kier alpha value is -2.30. The normalized spacial score (nSPS) is 10.6. The van der Waals surface area contributed by atoms with Crippen molar-refractivity contribution < 1.29 is 9.32 Å². The van der Waals surface area contributed by atoms with Crippen LogP contribution in [0.5, 0.6) is 0 Å². The van der Waals surface area contributed by atoms with Crippen LogP contribution in [0, 0.1) is 6.92 Å². The highest BCUT2D eigenvalue weighted by Gasteiger charge is 2.15. The Morgan fingerprint density at radius 1 is 1.24 bits per heavy atom. The monoisotopic (exact) mass is 288 g/mol. The lowest BCUT2D eigenvalue weighted by Crippen LogP contribution is -2.26. The first-order valence-corrected chi connectivity index (χ1v) is 7.14. The average Bonchev–Trinajstić information content (AvgIpc) is 2.73. The molecule has 112 valence electrons. The predicted molar refractivity (Wildman–Crippen MR) is 81.5 cm³/mol. The summed E-state index contributed by atoms with van der Waals surface area (Å²) >= 11 is 0. The molecule has 0 aliphatic heterocycles. The van der Waals surface area contributed by atoms with Crippen molar-refractivity contribution in [1.82, 2.24) is 4.74 Å². The minimum absolute atomic E-state index is 0.113. The number of aryl methyl sites for hydroxylation is 2. The molecule has 1 aromatic heterocycles. The van der Waals surface area contributed by atoms with E-state index in [1.165, 1.54) is 0 Å². The van der Waals surface area contributed by atoms with E-state index in [9.17, 15) is 9.59 Å². The maximum absolute atomic E-state index is 12.1. The third-order valence-corrected chi connectivity index (χ3v) is 3.47. The molecule has 0 atom stereocenters. The molecule has 0 unspecified atom stereocenters. The van der Waals surface area contributed by atoms with Gasteiger partial charge < -0.3 is 9.84 Å². The first kappa shape index (κ1) is 15.1. The first-order chi connectivity index (χ1) is 10.1. The lowest BCUT2D eigenvalue weighted by Gasteiger charge is -2.09. The van der Waals surface area contributed by atoms with Crippen molar-refractivity contribution in [2.45, 2.75) is 40.2 Å². The van der Waals surface area contributed by atoms with Gasteiger partial charge in [0, 0.05) is 5.69 Å². The molecule has 1 amide bonds. The van der Waals surface area contributed by atoms with Crippen LogP contribution in [-0.2, 0) is 24.2 Å². The van der Waals surface area contributed by atoms with Crippen molar-refractivity contribution in [3.05, 3.63) is 51.5 Å². The van der Waals surface area contributed by atoms with Crippen LogP contribution in [0.25, 0.3) is 0 Å². The Bertz CT molecular complexity index is 698. The van der Waals surface area contributed by atoms with Crippen LogP contribution in [0.1, 0.15) is 30.7 Å². The number of rotatable bonds is 5. The number of amides is 1. The second-order valence-corrected chi connectivity index (χ2v) is 4.88. The van der Waals surface area contributed by atoms with Crippen LogP contribution in [0.15, 0.2) is 33.6 Å². The molecule has 1 aromatic carbocycles. The highest BCUT2D eigenvalue weighted by Crippen LogP contribution is 2.15. The Morgan fingerprint density at radius 3 is 2.57 bits per heavy atom. The minimum Gasteiger partial charge on any atom is -0.380 e. The third-order valence-electron chi connectivity index (χ3n) is 3.47. The lowest BCUT2D eigenvalue weighted by atomic mass is 10.1. The predicted octanol–water partition coefficient (Wildman–Crippen LogP) is 2.51. The quantitative estimate of drug-likeness (QED) is 0.919. The number of hydrogen-bond donors (Lipinski definition) is 1. The van der Waals surface area contributed by atoms with Crippen molar-refractivity contribution in [1.29, 1.82) is 0 Å². The van der Waals surface area contributed by atoms with E-state index in [2.05, 4.69) is 5.32 Å². The van der Waals surface area contributed by atoms with Crippen LogP contribution in [0.4, 0.5) is 5.69 Å². The third kappa shape index (κ3) is 3.24. The van der Waals surface area contributed by atoms with E-state index in [1.54, 1.807) is 6.92 Å². The molecule has 0 saturated carbocycles. The summed E-state index contributed by atoms with van der Waals surface area (Å²) in [5.74, 6) is 0.304. The van der Waals surface area contributed by atoms with E-state index in [-0.39, 0.29) is 18.0 Å². The highest BCUT2D eigenvalue weighted by atomic mass is 16.5. The number of nitrogens with zero attached hydrogens (tertiary/aromatic N) is 1. The molecule has 1 heterocycles. The molecule has 0 fully saturated rings. The van der Waals surface area contributed by atoms with Gasteiger partial charge in [-0.15, -0.1) is 0 Å². The standard InChI is InChI=1S/C16H20N2O3/c1-4-12-8-6-7-9-14(12)17-15(19)10-18-16(20)13(5-2)11(3)21-18/h6-9H,4-5,10H2,1-3H3,(H,17,19). The van der Waals surface area contributed by atoms with Crippen molar-refractivity contribution in [3.8, 4) is 0 Å². The van der Waals surface area contributed by atoms with Crippen molar-refractivity contribution >= 4 is 11.6 Å². The van der Waals surface area contributed by atoms with E-state index in [0.29, 0.717) is 17.7 Å². The number of carbonyl (C=O) groups is 1. The Morgan fingerprint density at radius 2 is 1.95 bits per heavy atom. The van der Waals surface area contributed by atoms with Gasteiger partial charge in [0.1, 0.15) is 12.3 Å². The van der Waals surface area contributed by atoms with Gasteiger partial charge >= 0.3 is 0 Å². The van der Waals surface area contributed by atoms with Gasteiger partial charge in [-0.3, -0.25) is 9.59 Å². The number of aromatic nitrogens is 1. The maximum atomic E-state index is 12.1. The van der Waals surface area contributed by atoms with Crippen LogP contribution in [0.2, 0.25) is 0 Å². The van der Waals surface area contributed by atoms with Gasteiger partial charge in [-0.2, -0.15) is 4.74 Å². The number of benzene rings is 1. The van der Waals surface area contributed by atoms with Crippen LogP contribution in [-0.4, -0.2) is 10.6 Å². The SMILES string of the molecule is CCc1ccccc1NC(=O)Cn1oc(C)c(CC)c1=O. The summed E-state index contributed by atoms with van der Waals surface area (Å²) in [5, 5.41) is 2.83. The second kappa shape index (κ2) is 6.43. The van der Waals surface area contributed by atoms with Gasteiger partial charge in [0.2, 0.25) is 5.91 Å². The molecule has 21 heavy (non-hydrogen) atoms. The lowest BCUT2D eigenvalue weighted by molar-refractivity contribution is -0.117. The zero-order valence-corrected chi connectivity index (χ0v) is 12.6. The second-order valence-electron chi connectivity index (χ2n) is 4.88. The fourth-order valence-corrected chi connectivity index (χ4v) is 2.34. The van der Waals surface area contributed by atoms with E-state index in [1.807, 2.05) is 38.1 Å². The molecular weight excluding hydrogens is 268 g/mol. The van der Waals surface area contributed by atoms with Crippen LogP contribution in [0.3, 0.4) is 0 Å². The Labute approximate surface area is 123 Å². The maximum Gasteiger partial charge on any atom is 0.286 e. The van der Waals surface area contributed by atoms with E-state index in [4.69, 9.17) is 4.52 Å². The molecule has 0 radical (unpaired) electrons. The molecule has 0 bridgehead atoms. The Balaban J connectivity index is 2.14. The van der Waals surface area contributed by atoms with Gasteiger partial charge in [0.15, 0.2) is 0 Å². The fraction of sp³-hybridized carbons (Fsp3) is 0.375. The average molecular weight is 288 g/mol. The minimum atomic E-state index is -0.269. The van der Waals surface area contributed by atoms with Crippen LogP contribution < -0.4 is 10.9 Å². The zero-order chi connectivity index (χ0) is 15.4. The number of hydrogen-bond acceptors (Lipinski definition) is 3. The first-order valence-electron chi connectivity index (χ1n) is 7.14. The van der Waals surface area contributed by atoms with Gasteiger partial charge in [-0.05, 0) is 31.4 Å². The van der Waals surface area contributed by atoms with Crippen LogP contribution >= 0.6 is 0 Å². The van der Waals surface area contributed by atoms with E-state index >= 15 is 0 Å². The number of anilines is 1. The topological polar surface area (TPSA) is 64.2 Å². The summed E-state index contributed by atoms with van der Waals surface area (Å²) in [6.45, 7) is 5.54. The zero-order valence-electron chi connectivity index (χ0n) is 12.6. The molecule has 5 nitrogen and oxygen atoms in total. The van der Waals surface area contributed by atoms with E-state index in [0.717, 1.165) is 22.4 Å². The largest absolute Gasteiger partial charge is 0.380 e. The number of para-hydroxylation sites is 1. The summed E-state index contributed by atoms with van der Waals surface area (Å²) in [4.78, 5) is 24.1. The summed E-state index contributed by atoms with van der Waals surface area (Å²) in [5.41, 5.74) is 2.23. The van der Waals surface area contributed by atoms with Gasteiger partial charge in [-0.25, -0.2) is 0 Å². The Kier molecular flexibility index (Phi) is 4.62. The summed E-state index contributed by atoms with van der Waals surface area (Å²) < 4.78 is 6.45. The summed E-state index contributed by atoms with van der Waals surface area (Å²) in [6, 6.07) is 7.62. The molecule has 2 aromatic rings. The summed E-state index contributed by atoms with van der Waals surface area (Å²) in [7, 11) is 0. The van der Waals surface area contributed by atoms with Crippen molar-refractivity contribution in [3.63, 3.8) is 0 Å². The van der Waals surface area contributed by atoms with Crippen molar-refractivity contribution in [2.24, 2.45) is 0 Å².